The van der Waals surface area contributed by atoms with E-state index in [9.17, 15) is 5.11 Å². The molecule has 0 bridgehead atoms. The summed E-state index contributed by atoms with van der Waals surface area (Å²) in [6.45, 7) is 9.08. The second kappa shape index (κ2) is 8.95. The van der Waals surface area contributed by atoms with E-state index >= 15 is 0 Å². The molecule has 0 heterocycles. The fourth-order valence-corrected chi connectivity index (χ4v) is 1.74. The molecule has 0 radical (unpaired) electrons. The average Bonchev–Trinajstić information content (AvgIpc) is 2.41. The minimum atomic E-state index is -0.486. The smallest absolute Gasteiger partial charge is 0.119 e. The summed E-state index contributed by atoms with van der Waals surface area (Å²) in [4.78, 5) is 2.27. The molecular formula is C16H28N2O2. The van der Waals surface area contributed by atoms with Crippen molar-refractivity contribution in [1.82, 2.24) is 10.2 Å². The molecule has 1 aromatic carbocycles. The first-order chi connectivity index (χ1) is 9.49. The Bertz CT molecular complexity index is 382. The Hall–Kier alpha value is -1.10. The third-order valence-corrected chi connectivity index (χ3v) is 3.33. The lowest BCUT2D eigenvalue weighted by Gasteiger charge is -2.21. The van der Waals surface area contributed by atoms with Crippen LogP contribution in [0.25, 0.3) is 0 Å². The van der Waals surface area contributed by atoms with E-state index < -0.39 is 6.10 Å². The quantitative estimate of drug-likeness (QED) is 0.675. The Labute approximate surface area is 122 Å². The first-order valence-corrected chi connectivity index (χ1v) is 7.27. The topological polar surface area (TPSA) is 44.7 Å². The molecule has 1 atom stereocenters. The number of likely N-dealkylation sites (N-methyl/N-ethyl adjacent to an activating group) is 1. The molecule has 0 saturated heterocycles. The van der Waals surface area contributed by atoms with Crippen LogP contribution in [0.3, 0.4) is 0 Å². The number of nitrogens with zero attached hydrogens (tertiary/aromatic N) is 1. The van der Waals surface area contributed by atoms with E-state index in [1.165, 1.54) is 0 Å². The number of ether oxygens (including phenoxy) is 1. The van der Waals surface area contributed by atoms with Gasteiger partial charge in [0.2, 0.25) is 0 Å². The minimum Gasteiger partial charge on any atom is -0.491 e. The fourth-order valence-electron chi connectivity index (χ4n) is 1.74. The number of benzene rings is 1. The summed E-state index contributed by atoms with van der Waals surface area (Å²) in [5, 5.41) is 13.1. The molecule has 4 heteroatoms. The summed E-state index contributed by atoms with van der Waals surface area (Å²) in [5.41, 5.74) is 1.16. The van der Waals surface area contributed by atoms with E-state index in [0.29, 0.717) is 19.2 Å². The normalized spacial score (nSPS) is 12.9. The number of aliphatic hydroxyl groups is 1. The molecule has 2 N–H and O–H groups in total. The van der Waals surface area contributed by atoms with Gasteiger partial charge in [0.15, 0.2) is 0 Å². The molecule has 1 rings (SSSR count). The van der Waals surface area contributed by atoms with Crippen molar-refractivity contribution >= 4 is 0 Å². The summed E-state index contributed by atoms with van der Waals surface area (Å²) in [7, 11) is 2.10. The Balaban J connectivity index is 2.13. The predicted octanol–water partition coefficient (Wildman–Crippen LogP) is 1.66. The van der Waals surface area contributed by atoms with Crippen molar-refractivity contribution in [3.63, 3.8) is 0 Å². The van der Waals surface area contributed by atoms with Gasteiger partial charge in [-0.1, -0.05) is 12.1 Å². The van der Waals surface area contributed by atoms with Crippen molar-refractivity contribution in [2.45, 2.75) is 32.9 Å². The van der Waals surface area contributed by atoms with Crippen LogP contribution in [0.15, 0.2) is 24.3 Å². The van der Waals surface area contributed by atoms with Gasteiger partial charge in [-0.2, -0.15) is 0 Å². The lowest BCUT2D eigenvalue weighted by molar-refractivity contribution is 0.105. The van der Waals surface area contributed by atoms with Gasteiger partial charge in [-0.15, -0.1) is 0 Å². The number of nitrogens with one attached hydrogen (secondary N) is 1. The lowest BCUT2D eigenvalue weighted by atomic mass is 10.2. The average molecular weight is 280 g/mol. The van der Waals surface area contributed by atoms with Gasteiger partial charge in [-0.25, -0.2) is 0 Å². The molecule has 0 aliphatic carbocycles. The van der Waals surface area contributed by atoms with Crippen LogP contribution in [0.1, 0.15) is 19.4 Å². The molecule has 0 saturated carbocycles. The van der Waals surface area contributed by atoms with Gasteiger partial charge in [0.1, 0.15) is 18.5 Å². The monoisotopic (exact) mass is 280 g/mol. The van der Waals surface area contributed by atoms with Gasteiger partial charge in [0.25, 0.3) is 0 Å². The van der Waals surface area contributed by atoms with E-state index in [1.54, 1.807) is 0 Å². The predicted molar refractivity (Wildman–Crippen MR) is 83.3 cm³/mol. The molecule has 20 heavy (non-hydrogen) atoms. The van der Waals surface area contributed by atoms with Gasteiger partial charge in [-0.3, -0.25) is 0 Å². The van der Waals surface area contributed by atoms with E-state index in [1.807, 2.05) is 31.2 Å². The summed E-state index contributed by atoms with van der Waals surface area (Å²) in [6, 6.07) is 8.40. The zero-order valence-electron chi connectivity index (χ0n) is 13.1. The highest BCUT2D eigenvalue weighted by Gasteiger charge is 2.06. The first kappa shape index (κ1) is 17.0. The van der Waals surface area contributed by atoms with Gasteiger partial charge in [0, 0.05) is 25.7 Å². The summed E-state index contributed by atoms with van der Waals surface area (Å²) in [6.07, 6.45) is -0.486. The number of hydrogen-bond acceptors (Lipinski definition) is 4. The third kappa shape index (κ3) is 6.89. The van der Waals surface area contributed by atoms with Gasteiger partial charge < -0.3 is 20.1 Å². The zero-order chi connectivity index (χ0) is 15.0. The van der Waals surface area contributed by atoms with Crippen LogP contribution in [-0.2, 0) is 0 Å². The maximum Gasteiger partial charge on any atom is 0.119 e. The van der Waals surface area contributed by atoms with Gasteiger partial charge in [-0.05, 0) is 45.5 Å². The number of hydrogen-bond donors (Lipinski definition) is 2. The minimum absolute atomic E-state index is 0.316. The molecule has 0 aliphatic rings. The largest absolute Gasteiger partial charge is 0.491 e. The van der Waals surface area contributed by atoms with Crippen molar-refractivity contribution in [1.29, 1.82) is 0 Å². The Morgan fingerprint density at radius 1 is 1.35 bits per heavy atom. The van der Waals surface area contributed by atoms with Crippen LogP contribution < -0.4 is 10.1 Å². The Morgan fingerprint density at radius 2 is 2.10 bits per heavy atom. The molecule has 0 spiro atoms. The van der Waals surface area contributed by atoms with Crippen LogP contribution in [0, 0.1) is 6.92 Å². The molecule has 4 nitrogen and oxygen atoms in total. The van der Waals surface area contributed by atoms with E-state index in [4.69, 9.17) is 4.74 Å². The fraction of sp³-hybridized carbons (Fsp3) is 0.625. The van der Waals surface area contributed by atoms with E-state index in [2.05, 4.69) is 31.1 Å². The SMILES string of the molecule is Cc1cccc(OCC(O)CNCCN(C)C(C)C)c1. The highest BCUT2D eigenvalue weighted by Crippen LogP contribution is 2.12. The van der Waals surface area contributed by atoms with Crippen LogP contribution in [0.2, 0.25) is 0 Å². The van der Waals surface area contributed by atoms with Gasteiger partial charge in [0.05, 0.1) is 0 Å². The standard InChI is InChI=1S/C16H28N2O2/c1-13(2)18(4)9-8-17-11-15(19)12-20-16-7-5-6-14(3)10-16/h5-7,10,13,15,17,19H,8-9,11-12H2,1-4H3. The zero-order valence-corrected chi connectivity index (χ0v) is 13.1. The van der Waals surface area contributed by atoms with Crippen LogP contribution in [-0.4, -0.2) is 55.4 Å². The number of rotatable bonds is 9. The second-order valence-electron chi connectivity index (χ2n) is 5.56. The second-order valence-corrected chi connectivity index (χ2v) is 5.56. The molecule has 0 fully saturated rings. The first-order valence-electron chi connectivity index (χ1n) is 7.27. The molecule has 1 unspecified atom stereocenters. The van der Waals surface area contributed by atoms with E-state index in [-0.39, 0.29) is 0 Å². The third-order valence-electron chi connectivity index (χ3n) is 3.33. The summed E-state index contributed by atoms with van der Waals surface area (Å²) < 4.78 is 5.56. The molecule has 1 aromatic rings. The Kier molecular flexibility index (Phi) is 7.59. The highest BCUT2D eigenvalue weighted by molar-refractivity contribution is 5.27. The van der Waals surface area contributed by atoms with E-state index in [0.717, 1.165) is 24.4 Å². The maximum atomic E-state index is 9.85. The van der Waals surface area contributed by atoms with Crippen LogP contribution in [0.4, 0.5) is 0 Å². The summed E-state index contributed by atoms with van der Waals surface area (Å²) >= 11 is 0. The summed E-state index contributed by atoms with van der Waals surface area (Å²) in [5.74, 6) is 0.809. The van der Waals surface area contributed by atoms with Crippen molar-refractivity contribution < 1.29 is 9.84 Å². The van der Waals surface area contributed by atoms with Crippen LogP contribution in [0.5, 0.6) is 5.75 Å². The molecule has 0 aliphatic heterocycles. The molecule has 114 valence electrons. The van der Waals surface area contributed by atoms with Crippen LogP contribution >= 0.6 is 0 Å². The molecule has 0 amide bonds. The lowest BCUT2D eigenvalue weighted by Crippen LogP contribution is -2.38. The van der Waals surface area contributed by atoms with Crippen molar-refractivity contribution in [2.24, 2.45) is 0 Å². The Morgan fingerprint density at radius 3 is 2.75 bits per heavy atom. The number of aliphatic hydroxyl groups excluding tert-OH is 1. The molecular weight excluding hydrogens is 252 g/mol. The number of aryl methyl sites for hydroxylation is 1. The van der Waals surface area contributed by atoms with Crippen molar-refractivity contribution in [3.8, 4) is 5.75 Å². The molecule has 0 aromatic heterocycles. The maximum absolute atomic E-state index is 9.85. The van der Waals surface area contributed by atoms with Gasteiger partial charge >= 0.3 is 0 Å². The highest BCUT2D eigenvalue weighted by atomic mass is 16.5. The van der Waals surface area contributed by atoms with Crippen molar-refractivity contribution in [3.05, 3.63) is 29.8 Å². The van der Waals surface area contributed by atoms with Crippen molar-refractivity contribution in [2.75, 3.05) is 33.3 Å².